The molecule has 0 bridgehead atoms. The molecule has 0 aliphatic heterocycles. The van der Waals surface area contributed by atoms with E-state index in [1.807, 2.05) is 36.2 Å². The van der Waals surface area contributed by atoms with Crippen molar-refractivity contribution >= 4 is 17.3 Å². The van der Waals surface area contributed by atoms with Gasteiger partial charge in [-0.05, 0) is 12.1 Å². The van der Waals surface area contributed by atoms with E-state index in [1.165, 1.54) is 6.07 Å². The standard InChI is InChI=1S/C14H16N4O3/c1-17(9-10-5-3-4-6-12(10)21-2)13-8-7-11(18(19)20)14(15)16-13/h3-8H,9H2,1-2H3,(H2,15,16). The third-order valence-corrected chi connectivity index (χ3v) is 3.08. The van der Waals surface area contributed by atoms with E-state index < -0.39 is 4.92 Å². The minimum atomic E-state index is -0.549. The van der Waals surface area contributed by atoms with Crippen LogP contribution in [0.1, 0.15) is 5.56 Å². The number of benzene rings is 1. The van der Waals surface area contributed by atoms with Gasteiger partial charge >= 0.3 is 5.69 Å². The number of rotatable bonds is 5. The smallest absolute Gasteiger partial charge is 0.311 e. The zero-order chi connectivity index (χ0) is 15.4. The number of nitro groups is 1. The summed E-state index contributed by atoms with van der Waals surface area (Å²) in [5.41, 5.74) is 6.40. The lowest BCUT2D eigenvalue weighted by molar-refractivity contribution is -0.384. The summed E-state index contributed by atoms with van der Waals surface area (Å²) in [5, 5.41) is 10.7. The molecule has 0 atom stereocenters. The van der Waals surface area contributed by atoms with Crippen molar-refractivity contribution in [3.8, 4) is 5.75 Å². The van der Waals surface area contributed by atoms with Crippen LogP contribution in [-0.2, 0) is 6.54 Å². The number of nitrogens with zero attached hydrogens (tertiary/aromatic N) is 3. The molecule has 0 fully saturated rings. The monoisotopic (exact) mass is 288 g/mol. The third kappa shape index (κ3) is 3.19. The maximum absolute atomic E-state index is 10.7. The molecule has 7 heteroatoms. The molecule has 1 heterocycles. The fourth-order valence-electron chi connectivity index (χ4n) is 1.99. The van der Waals surface area contributed by atoms with E-state index >= 15 is 0 Å². The van der Waals surface area contributed by atoms with Crippen molar-refractivity contribution in [2.45, 2.75) is 6.54 Å². The minimum Gasteiger partial charge on any atom is -0.496 e. The zero-order valence-electron chi connectivity index (χ0n) is 11.8. The summed E-state index contributed by atoms with van der Waals surface area (Å²) in [5.74, 6) is 1.24. The van der Waals surface area contributed by atoms with Crippen LogP contribution in [0.15, 0.2) is 36.4 Å². The molecule has 2 aromatic rings. The molecule has 0 saturated heterocycles. The van der Waals surface area contributed by atoms with Gasteiger partial charge in [-0.2, -0.15) is 0 Å². The number of para-hydroxylation sites is 1. The molecule has 2 rings (SSSR count). The summed E-state index contributed by atoms with van der Waals surface area (Å²) in [6.07, 6.45) is 0. The number of nitrogens with two attached hydrogens (primary N) is 1. The lowest BCUT2D eigenvalue weighted by atomic mass is 10.2. The molecule has 0 saturated carbocycles. The minimum absolute atomic E-state index is 0.0932. The molecule has 21 heavy (non-hydrogen) atoms. The molecule has 0 radical (unpaired) electrons. The van der Waals surface area contributed by atoms with Gasteiger partial charge in [-0.1, -0.05) is 18.2 Å². The van der Waals surface area contributed by atoms with E-state index in [4.69, 9.17) is 10.5 Å². The number of hydrogen-bond donors (Lipinski definition) is 1. The normalized spacial score (nSPS) is 10.2. The van der Waals surface area contributed by atoms with E-state index in [1.54, 1.807) is 13.2 Å². The molecule has 7 nitrogen and oxygen atoms in total. The molecular formula is C14H16N4O3. The van der Waals surface area contributed by atoms with Gasteiger partial charge in [0.25, 0.3) is 0 Å². The number of methoxy groups -OCH3 is 1. The van der Waals surface area contributed by atoms with E-state index in [0.717, 1.165) is 11.3 Å². The van der Waals surface area contributed by atoms with Crippen LogP contribution >= 0.6 is 0 Å². The Morgan fingerprint density at radius 1 is 1.33 bits per heavy atom. The van der Waals surface area contributed by atoms with Crippen LogP contribution in [0, 0.1) is 10.1 Å². The van der Waals surface area contributed by atoms with Crippen molar-refractivity contribution in [3.05, 3.63) is 52.1 Å². The molecular weight excluding hydrogens is 272 g/mol. The Kier molecular flexibility index (Phi) is 4.22. The predicted octanol–water partition coefficient (Wildman–Crippen LogP) is 2.22. The number of pyridine rings is 1. The van der Waals surface area contributed by atoms with Crippen molar-refractivity contribution < 1.29 is 9.66 Å². The van der Waals surface area contributed by atoms with Gasteiger partial charge in [0.1, 0.15) is 11.6 Å². The molecule has 2 N–H and O–H groups in total. The van der Waals surface area contributed by atoms with E-state index in [-0.39, 0.29) is 11.5 Å². The van der Waals surface area contributed by atoms with Crippen LogP contribution in [0.2, 0.25) is 0 Å². The fourth-order valence-corrected chi connectivity index (χ4v) is 1.99. The Hall–Kier alpha value is -2.83. The number of hydrogen-bond acceptors (Lipinski definition) is 6. The molecule has 110 valence electrons. The van der Waals surface area contributed by atoms with Crippen molar-refractivity contribution in [2.75, 3.05) is 24.8 Å². The van der Waals surface area contributed by atoms with Crippen LogP contribution in [0.5, 0.6) is 5.75 Å². The summed E-state index contributed by atoms with van der Waals surface area (Å²) in [4.78, 5) is 16.1. The topological polar surface area (TPSA) is 94.5 Å². The summed E-state index contributed by atoms with van der Waals surface area (Å²) >= 11 is 0. The van der Waals surface area contributed by atoms with Crippen LogP contribution in [0.4, 0.5) is 17.3 Å². The lowest BCUT2D eigenvalue weighted by Gasteiger charge is -2.19. The SMILES string of the molecule is COc1ccccc1CN(C)c1ccc([N+](=O)[O-])c(N)n1. The first-order valence-electron chi connectivity index (χ1n) is 6.27. The quantitative estimate of drug-likeness (QED) is 0.669. The van der Waals surface area contributed by atoms with Gasteiger partial charge in [0.2, 0.25) is 5.82 Å². The summed E-state index contributed by atoms with van der Waals surface area (Å²) < 4.78 is 5.30. The summed E-state index contributed by atoms with van der Waals surface area (Å²) in [6, 6.07) is 10.6. The molecule has 0 aliphatic rings. The number of aromatic nitrogens is 1. The number of anilines is 2. The average molecular weight is 288 g/mol. The van der Waals surface area contributed by atoms with Crippen molar-refractivity contribution in [1.29, 1.82) is 0 Å². The first kappa shape index (κ1) is 14.6. The van der Waals surface area contributed by atoms with Crippen molar-refractivity contribution in [2.24, 2.45) is 0 Å². The summed E-state index contributed by atoms with van der Waals surface area (Å²) in [7, 11) is 3.45. The molecule has 0 amide bonds. The third-order valence-electron chi connectivity index (χ3n) is 3.08. The molecule has 0 spiro atoms. The first-order valence-corrected chi connectivity index (χ1v) is 6.27. The van der Waals surface area contributed by atoms with Crippen LogP contribution in [-0.4, -0.2) is 24.1 Å². The van der Waals surface area contributed by atoms with E-state index in [9.17, 15) is 10.1 Å². The van der Waals surface area contributed by atoms with Gasteiger partial charge in [-0.3, -0.25) is 10.1 Å². The zero-order valence-corrected chi connectivity index (χ0v) is 11.8. The van der Waals surface area contributed by atoms with Gasteiger partial charge in [0.15, 0.2) is 0 Å². The van der Waals surface area contributed by atoms with Crippen LogP contribution in [0.3, 0.4) is 0 Å². The van der Waals surface area contributed by atoms with Gasteiger partial charge in [0, 0.05) is 25.2 Å². The van der Waals surface area contributed by atoms with Gasteiger partial charge in [-0.25, -0.2) is 4.98 Å². The highest BCUT2D eigenvalue weighted by Gasteiger charge is 2.15. The maximum atomic E-state index is 10.7. The van der Waals surface area contributed by atoms with Crippen molar-refractivity contribution in [3.63, 3.8) is 0 Å². The molecule has 1 aromatic heterocycles. The second-order valence-corrected chi connectivity index (χ2v) is 4.50. The first-order chi connectivity index (χ1) is 10.0. The largest absolute Gasteiger partial charge is 0.496 e. The number of ether oxygens (including phenoxy) is 1. The van der Waals surface area contributed by atoms with Gasteiger partial charge < -0.3 is 15.4 Å². The van der Waals surface area contributed by atoms with Gasteiger partial charge in [-0.15, -0.1) is 0 Å². The Morgan fingerprint density at radius 2 is 2.05 bits per heavy atom. The predicted molar refractivity (Wildman–Crippen MR) is 80.4 cm³/mol. The number of nitrogen functional groups attached to an aromatic ring is 1. The average Bonchev–Trinajstić information content (AvgIpc) is 2.47. The summed E-state index contributed by atoms with van der Waals surface area (Å²) in [6.45, 7) is 0.550. The van der Waals surface area contributed by atoms with Crippen LogP contribution < -0.4 is 15.4 Å². The molecule has 0 aliphatic carbocycles. The highest BCUT2D eigenvalue weighted by atomic mass is 16.6. The van der Waals surface area contributed by atoms with Crippen molar-refractivity contribution in [1.82, 2.24) is 4.98 Å². The second-order valence-electron chi connectivity index (χ2n) is 4.50. The molecule has 0 unspecified atom stereocenters. The van der Waals surface area contributed by atoms with E-state index in [2.05, 4.69) is 4.98 Å². The highest BCUT2D eigenvalue weighted by molar-refractivity contribution is 5.58. The second kappa shape index (κ2) is 6.08. The lowest BCUT2D eigenvalue weighted by Crippen LogP contribution is -2.18. The fraction of sp³-hybridized carbons (Fsp3) is 0.214. The highest BCUT2D eigenvalue weighted by Crippen LogP contribution is 2.25. The molecule has 1 aromatic carbocycles. The maximum Gasteiger partial charge on any atom is 0.311 e. The Bertz CT molecular complexity index is 660. The Morgan fingerprint density at radius 3 is 2.67 bits per heavy atom. The van der Waals surface area contributed by atoms with Gasteiger partial charge in [0.05, 0.1) is 12.0 Å². The Balaban J connectivity index is 2.22. The van der Waals surface area contributed by atoms with E-state index in [0.29, 0.717) is 12.4 Å². The van der Waals surface area contributed by atoms with Crippen LogP contribution in [0.25, 0.3) is 0 Å². The Labute approximate surface area is 122 Å².